The first kappa shape index (κ1) is 20.8. The lowest BCUT2D eigenvalue weighted by atomic mass is 10.0. The van der Waals surface area contributed by atoms with Crippen LogP contribution in [0.15, 0.2) is 78.9 Å². The van der Waals surface area contributed by atoms with E-state index in [1.165, 1.54) is 28.7 Å². The van der Waals surface area contributed by atoms with E-state index in [9.17, 15) is 0 Å². The van der Waals surface area contributed by atoms with Crippen LogP contribution in [0.5, 0.6) is 5.75 Å². The van der Waals surface area contributed by atoms with Gasteiger partial charge in [-0.3, -0.25) is 0 Å². The molecule has 0 amide bonds. The fourth-order valence-electron chi connectivity index (χ4n) is 2.66. The van der Waals surface area contributed by atoms with Crippen LogP contribution in [-0.4, -0.2) is 6.61 Å². The van der Waals surface area contributed by atoms with Crippen molar-refractivity contribution >= 4 is 0 Å². The van der Waals surface area contributed by atoms with Crippen LogP contribution in [0.1, 0.15) is 42.0 Å². The van der Waals surface area contributed by atoms with Crippen LogP contribution in [0, 0.1) is 13.8 Å². The number of ether oxygens (including phenoxy) is 1. The van der Waals surface area contributed by atoms with Crippen LogP contribution < -0.4 is 4.74 Å². The Morgan fingerprint density at radius 2 is 1.15 bits per heavy atom. The van der Waals surface area contributed by atoms with Crippen molar-refractivity contribution in [2.24, 2.45) is 0 Å². The minimum atomic E-state index is 0.833. The standard InChI is InChI=1S/C15H16.C11H16O/c1-13-7-9-15(10-8-13)12-11-14-5-3-2-4-6-14;1-3-4-9-12-11-7-5-10(2)6-8-11/h2-10H,11-12H2,1H3;5-8H,3-4,9H2,1-2H3. The van der Waals surface area contributed by atoms with E-state index in [1.807, 2.05) is 12.1 Å². The normalized spacial score (nSPS) is 10.0. The third-order valence-corrected chi connectivity index (χ3v) is 4.45. The molecule has 0 spiro atoms. The fraction of sp³-hybridized carbons (Fsp3) is 0.308. The number of hydrogen-bond acceptors (Lipinski definition) is 1. The molecule has 142 valence electrons. The number of hydrogen-bond donors (Lipinski definition) is 0. The van der Waals surface area contributed by atoms with Crippen molar-refractivity contribution in [1.29, 1.82) is 0 Å². The predicted molar refractivity (Wildman–Crippen MR) is 117 cm³/mol. The van der Waals surface area contributed by atoms with Crippen LogP contribution in [0.25, 0.3) is 0 Å². The maximum absolute atomic E-state index is 5.50. The summed E-state index contributed by atoms with van der Waals surface area (Å²) in [6, 6.07) is 27.6. The topological polar surface area (TPSA) is 9.23 Å². The number of rotatable bonds is 7. The lowest BCUT2D eigenvalue weighted by Crippen LogP contribution is -1.95. The minimum Gasteiger partial charge on any atom is -0.494 e. The zero-order valence-corrected chi connectivity index (χ0v) is 16.9. The Hall–Kier alpha value is -2.54. The Labute approximate surface area is 165 Å². The molecule has 1 nitrogen and oxygen atoms in total. The summed E-state index contributed by atoms with van der Waals surface area (Å²) >= 11 is 0. The van der Waals surface area contributed by atoms with Gasteiger partial charge in [0.1, 0.15) is 5.75 Å². The summed E-state index contributed by atoms with van der Waals surface area (Å²) in [4.78, 5) is 0. The number of aryl methyl sites for hydroxylation is 4. The highest BCUT2D eigenvalue weighted by Gasteiger charge is 1.94. The number of benzene rings is 3. The van der Waals surface area contributed by atoms with E-state index in [1.54, 1.807) is 0 Å². The lowest BCUT2D eigenvalue weighted by molar-refractivity contribution is 0.309. The molecule has 0 atom stereocenters. The van der Waals surface area contributed by atoms with Gasteiger partial charge in [-0.05, 0) is 56.4 Å². The molecule has 3 rings (SSSR count). The molecule has 0 aliphatic rings. The first-order chi connectivity index (χ1) is 13.2. The second kappa shape index (κ2) is 12.0. The smallest absolute Gasteiger partial charge is 0.119 e. The van der Waals surface area contributed by atoms with Gasteiger partial charge in [0.15, 0.2) is 0 Å². The Kier molecular flexibility index (Phi) is 9.20. The van der Waals surface area contributed by atoms with Gasteiger partial charge in [-0.2, -0.15) is 0 Å². The highest BCUT2D eigenvalue weighted by atomic mass is 16.5. The first-order valence-electron chi connectivity index (χ1n) is 9.96. The largest absolute Gasteiger partial charge is 0.494 e. The van der Waals surface area contributed by atoms with E-state index in [0.29, 0.717) is 0 Å². The van der Waals surface area contributed by atoms with Crippen LogP contribution >= 0.6 is 0 Å². The van der Waals surface area contributed by atoms with E-state index >= 15 is 0 Å². The number of unbranched alkanes of at least 4 members (excludes halogenated alkanes) is 1. The third-order valence-electron chi connectivity index (χ3n) is 4.45. The summed E-state index contributed by atoms with van der Waals surface area (Å²) in [5.41, 5.74) is 5.44. The molecule has 3 aromatic carbocycles. The molecule has 0 fully saturated rings. The van der Waals surface area contributed by atoms with Gasteiger partial charge in [0, 0.05) is 0 Å². The van der Waals surface area contributed by atoms with Crippen molar-refractivity contribution in [3.05, 3.63) is 101 Å². The molecular formula is C26H32O. The van der Waals surface area contributed by atoms with Gasteiger partial charge in [-0.1, -0.05) is 91.2 Å². The maximum Gasteiger partial charge on any atom is 0.119 e. The third kappa shape index (κ3) is 8.59. The molecule has 0 bridgehead atoms. The van der Waals surface area contributed by atoms with E-state index in [-0.39, 0.29) is 0 Å². The van der Waals surface area contributed by atoms with Gasteiger partial charge in [0.2, 0.25) is 0 Å². The Bertz CT molecular complexity index is 742. The average Bonchev–Trinajstić information content (AvgIpc) is 2.71. The van der Waals surface area contributed by atoms with Gasteiger partial charge < -0.3 is 4.74 Å². The molecule has 0 radical (unpaired) electrons. The molecular weight excluding hydrogens is 328 g/mol. The van der Waals surface area contributed by atoms with Gasteiger partial charge in [-0.25, -0.2) is 0 Å². The summed E-state index contributed by atoms with van der Waals surface area (Å²) < 4.78 is 5.50. The second-order valence-electron chi connectivity index (χ2n) is 6.99. The molecule has 27 heavy (non-hydrogen) atoms. The fourth-order valence-corrected chi connectivity index (χ4v) is 2.66. The quantitative estimate of drug-likeness (QED) is 0.414. The highest BCUT2D eigenvalue weighted by molar-refractivity contribution is 5.26. The Balaban J connectivity index is 0.000000199. The molecule has 0 N–H and O–H groups in total. The summed E-state index contributed by atoms with van der Waals surface area (Å²) in [5.74, 6) is 0.981. The summed E-state index contributed by atoms with van der Waals surface area (Å²) in [6.07, 6.45) is 4.58. The SMILES string of the molecule is CCCCOc1ccc(C)cc1.Cc1ccc(CCc2ccccc2)cc1. The van der Waals surface area contributed by atoms with E-state index < -0.39 is 0 Å². The highest BCUT2D eigenvalue weighted by Crippen LogP contribution is 2.11. The molecule has 0 saturated carbocycles. The van der Waals surface area contributed by atoms with Crippen molar-refractivity contribution in [1.82, 2.24) is 0 Å². The van der Waals surface area contributed by atoms with Crippen LogP contribution in [-0.2, 0) is 12.8 Å². The van der Waals surface area contributed by atoms with Gasteiger partial charge >= 0.3 is 0 Å². The van der Waals surface area contributed by atoms with Crippen LogP contribution in [0.4, 0.5) is 0 Å². The molecule has 0 heterocycles. The van der Waals surface area contributed by atoms with Crippen LogP contribution in [0.2, 0.25) is 0 Å². The molecule has 0 aliphatic carbocycles. The van der Waals surface area contributed by atoms with E-state index in [4.69, 9.17) is 4.74 Å². The lowest BCUT2D eigenvalue weighted by Gasteiger charge is -2.04. The van der Waals surface area contributed by atoms with Crippen molar-refractivity contribution in [3.8, 4) is 5.75 Å². The summed E-state index contributed by atoms with van der Waals surface area (Å²) in [6.45, 7) is 7.20. The zero-order chi connectivity index (χ0) is 19.3. The van der Waals surface area contributed by atoms with Gasteiger partial charge in [0.25, 0.3) is 0 Å². The van der Waals surface area contributed by atoms with Crippen molar-refractivity contribution in [3.63, 3.8) is 0 Å². The van der Waals surface area contributed by atoms with Crippen LogP contribution in [0.3, 0.4) is 0 Å². The second-order valence-corrected chi connectivity index (χ2v) is 6.99. The minimum absolute atomic E-state index is 0.833. The predicted octanol–water partition coefficient (Wildman–Crippen LogP) is 6.95. The zero-order valence-electron chi connectivity index (χ0n) is 16.9. The molecule has 1 heteroatoms. The summed E-state index contributed by atoms with van der Waals surface area (Å²) in [7, 11) is 0. The maximum atomic E-state index is 5.50. The Morgan fingerprint density at radius 1 is 0.630 bits per heavy atom. The Morgan fingerprint density at radius 3 is 1.70 bits per heavy atom. The summed E-state index contributed by atoms with van der Waals surface area (Å²) in [5, 5.41) is 0. The molecule has 3 aromatic rings. The van der Waals surface area contributed by atoms with Crippen molar-refractivity contribution < 1.29 is 4.74 Å². The van der Waals surface area contributed by atoms with Crippen molar-refractivity contribution in [2.45, 2.75) is 46.5 Å². The molecule has 0 aliphatic heterocycles. The van der Waals surface area contributed by atoms with E-state index in [2.05, 4.69) is 87.5 Å². The monoisotopic (exact) mass is 360 g/mol. The molecule has 0 unspecified atom stereocenters. The molecule has 0 aromatic heterocycles. The average molecular weight is 361 g/mol. The van der Waals surface area contributed by atoms with Crippen molar-refractivity contribution in [2.75, 3.05) is 6.61 Å². The van der Waals surface area contributed by atoms with Gasteiger partial charge in [-0.15, -0.1) is 0 Å². The van der Waals surface area contributed by atoms with E-state index in [0.717, 1.165) is 31.6 Å². The molecule has 0 saturated heterocycles. The van der Waals surface area contributed by atoms with Gasteiger partial charge in [0.05, 0.1) is 6.61 Å². The first-order valence-corrected chi connectivity index (χ1v) is 9.96.